The molecule has 0 unspecified atom stereocenters. The molecule has 26 heavy (non-hydrogen) atoms. The van der Waals surface area contributed by atoms with Crippen molar-refractivity contribution in [2.75, 3.05) is 32.4 Å². The highest BCUT2D eigenvalue weighted by Crippen LogP contribution is 2.44. The molecule has 7 heteroatoms. The minimum atomic E-state index is 0. The van der Waals surface area contributed by atoms with Crippen molar-refractivity contribution in [3.05, 3.63) is 59.8 Å². The molecule has 0 radical (unpaired) electrons. The molecule has 1 aromatic heterocycles. The van der Waals surface area contributed by atoms with E-state index in [0.717, 1.165) is 19.6 Å². The lowest BCUT2D eigenvalue weighted by Gasteiger charge is -2.26. The Balaban J connectivity index is 0.00000121. The first-order chi connectivity index (χ1) is 11.6. The number of carbonyl (C=O) groups is 1. The minimum Gasteiger partial charge on any atom is -0.384 e. The summed E-state index contributed by atoms with van der Waals surface area (Å²) >= 11 is 0. The standard InChI is InChI=1S/C19H22N4O.2ClH/c1-22-10-15-11-23(19(24)14-7-8-17(20)21-9-14)12-16(15)18(22)13-5-3-2-4-6-13;;/h2-9,15-16,18H,10-12H2,1H3,(H2,20,21);2*1H/t15-,16+,18-;;/m0../s1. The summed E-state index contributed by atoms with van der Waals surface area (Å²) in [4.78, 5) is 21.2. The number of rotatable bonds is 2. The van der Waals surface area contributed by atoms with Crippen molar-refractivity contribution >= 4 is 36.5 Å². The van der Waals surface area contributed by atoms with Gasteiger partial charge in [0.05, 0.1) is 5.56 Å². The monoisotopic (exact) mass is 394 g/mol. The maximum atomic E-state index is 12.7. The van der Waals surface area contributed by atoms with E-state index in [9.17, 15) is 4.79 Å². The van der Waals surface area contributed by atoms with Gasteiger partial charge in [-0.25, -0.2) is 4.98 Å². The molecule has 2 aromatic rings. The van der Waals surface area contributed by atoms with E-state index in [1.807, 2.05) is 4.90 Å². The van der Waals surface area contributed by atoms with Gasteiger partial charge in [0.25, 0.3) is 5.91 Å². The Morgan fingerprint density at radius 3 is 2.46 bits per heavy atom. The molecule has 3 heterocycles. The summed E-state index contributed by atoms with van der Waals surface area (Å²) in [5, 5.41) is 0. The van der Waals surface area contributed by atoms with E-state index in [-0.39, 0.29) is 30.7 Å². The number of halogens is 2. The second kappa shape index (κ2) is 8.25. The number of nitrogen functional groups attached to an aromatic ring is 1. The predicted molar refractivity (Wildman–Crippen MR) is 108 cm³/mol. The van der Waals surface area contributed by atoms with E-state index >= 15 is 0 Å². The molecule has 140 valence electrons. The van der Waals surface area contributed by atoms with Crippen LogP contribution in [0.1, 0.15) is 22.0 Å². The molecule has 4 rings (SSSR count). The summed E-state index contributed by atoms with van der Waals surface area (Å²) in [6, 6.07) is 14.5. The van der Waals surface area contributed by atoms with Crippen LogP contribution < -0.4 is 5.73 Å². The molecular weight excluding hydrogens is 371 g/mol. The zero-order valence-corrected chi connectivity index (χ0v) is 16.2. The molecule has 0 spiro atoms. The largest absolute Gasteiger partial charge is 0.384 e. The number of nitrogens with two attached hydrogens (primary N) is 1. The van der Waals surface area contributed by atoms with Crippen LogP contribution in [0.5, 0.6) is 0 Å². The Morgan fingerprint density at radius 1 is 1.08 bits per heavy atom. The van der Waals surface area contributed by atoms with Crippen LogP contribution in [0.2, 0.25) is 0 Å². The number of likely N-dealkylation sites (tertiary alicyclic amines) is 2. The number of aromatic nitrogens is 1. The van der Waals surface area contributed by atoms with Gasteiger partial charge in [-0.1, -0.05) is 30.3 Å². The van der Waals surface area contributed by atoms with Crippen LogP contribution in [0.15, 0.2) is 48.7 Å². The van der Waals surface area contributed by atoms with Gasteiger partial charge in [-0.3, -0.25) is 9.69 Å². The third-order valence-corrected chi connectivity index (χ3v) is 5.36. The zero-order chi connectivity index (χ0) is 16.7. The molecular formula is C19H24Cl2N4O. The summed E-state index contributed by atoms with van der Waals surface area (Å²) < 4.78 is 0. The highest BCUT2D eigenvalue weighted by atomic mass is 35.5. The molecule has 1 aromatic carbocycles. The smallest absolute Gasteiger partial charge is 0.255 e. The van der Waals surface area contributed by atoms with E-state index in [4.69, 9.17) is 5.73 Å². The van der Waals surface area contributed by atoms with Crippen LogP contribution in [-0.2, 0) is 0 Å². The lowest BCUT2D eigenvalue weighted by Crippen LogP contribution is -2.33. The molecule has 2 aliphatic rings. The second-order valence-electron chi connectivity index (χ2n) is 6.90. The van der Waals surface area contributed by atoms with Crippen molar-refractivity contribution < 1.29 is 4.79 Å². The normalized spacial score (nSPS) is 24.5. The summed E-state index contributed by atoms with van der Waals surface area (Å²) in [7, 11) is 2.19. The lowest BCUT2D eigenvalue weighted by molar-refractivity contribution is 0.0767. The third kappa shape index (κ3) is 3.65. The summed E-state index contributed by atoms with van der Waals surface area (Å²) in [6.07, 6.45) is 1.58. The van der Waals surface area contributed by atoms with Gasteiger partial charge in [-0.15, -0.1) is 24.8 Å². The fourth-order valence-corrected chi connectivity index (χ4v) is 4.29. The van der Waals surface area contributed by atoms with Gasteiger partial charge in [0, 0.05) is 37.8 Å². The van der Waals surface area contributed by atoms with Gasteiger partial charge in [0.1, 0.15) is 5.82 Å². The number of fused-ring (bicyclic) bond motifs is 1. The Hall–Kier alpha value is -1.82. The van der Waals surface area contributed by atoms with Crippen LogP contribution in [0, 0.1) is 11.8 Å². The topological polar surface area (TPSA) is 62.5 Å². The Bertz CT molecular complexity index is 741. The quantitative estimate of drug-likeness (QED) is 0.850. The van der Waals surface area contributed by atoms with E-state index in [0.29, 0.717) is 29.3 Å². The lowest BCUT2D eigenvalue weighted by atomic mass is 9.90. The number of benzene rings is 1. The second-order valence-corrected chi connectivity index (χ2v) is 6.90. The van der Waals surface area contributed by atoms with Crippen molar-refractivity contribution in [1.82, 2.24) is 14.8 Å². The van der Waals surface area contributed by atoms with Crippen molar-refractivity contribution in [1.29, 1.82) is 0 Å². The van der Waals surface area contributed by atoms with Crippen LogP contribution in [-0.4, -0.2) is 47.4 Å². The van der Waals surface area contributed by atoms with E-state index < -0.39 is 0 Å². The Kier molecular flexibility index (Phi) is 6.50. The maximum Gasteiger partial charge on any atom is 0.255 e. The number of nitrogens with zero attached hydrogens (tertiary/aromatic N) is 3. The number of amides is 1. The summed E-state index contributed by atoms with van der Waals surface area (Å²) in [5.41, 5.74) is 7.57. The van der Waals surface area contributed by atoms with Crippen molar-refractivity contribution in [2.24, 2.45) is 11.8 Å². The first kappa shape index (κ1) is 20.5. The Labute approximate surface area is 166 Å². The van der Waals surface area contributed by atoms with Crippen molar-refractivity contribution in [2.45, 2.75) is 6.04 Å². The molecule has 2 fully saturated rings. The predicted octanol–water partition coefficient (Wildman–Crippen LogP) is 2.88. The van der Waals surface area contributed by atoms with E-state index in [1.165, 1.54) is 5.56 Å². The maximum absolute atomic E-state index is 12.7. The van der Waals surface area contributed by atoms with Crippen LogP contribution >= 0.6 is 24.8 Å². The highest BCUT2D eigenvalue weighted by Gasteiger charge is 2.47. The summed E-state index contributed by atoms with van der Waals surface area (Å²) in [6.45, 7) is 2.66. The highest BCUT2D eigenvalue weighted by molar-refractivity contribution is 5.94. The number of anilines is 1. The van der Waals surface area contributed by atoms with Gasteiger partial charge in [0.2, 0.25) is 0 Å². The SMILES string of the molecule is CN1C[C@H]2CN(C(=O)c3ccc(N)nc3)C[C@H]2[C@@H]1c1ccccc1.Cl.Cl. The van der Waals surface area contributed by atoms with Crippen LogP contribution in [0.25, 0.3) is 0 Å². The van der Waals surface area contributed by atoms with Gasteiger partial charge < -0.3 is 10.6 Å². The molecule has 0 saturated carbocycles. The zero-order valence-electron chi connectivity index (χ0n) is 14.6. The number of carbonyl (C=O) groups excluding carboxylic acids is 1. The molecule has 2 N–H and O–H groups in total. The van der Waals surface area contributed by atoms with Crippen molar-refractivity contribution in [3.8, 4) is 0 Å². The third-order valence-electron chi connectivity index (χ3n) is 5.36. The molecule has 0 bridgehead atoms. The molecule has 3 atom stereocenters. The molecule has 5 nitrogen and oxygen atoms in total. The first-order valence-corrected chi connectivity index (χ1v) is 8.39. The molecule has 2 saturated heterocycles. The summed E-state index contributed by atoms with van der Waals surface area (Å²) in [5.74, 6) is 1.52. The molecule has 0 aliphatic carbocycles. The van der Waals surface area contributed by atoms with Crippen LogP contribution in [0.3, 0.4) is 0 Å². The number of hydrogen-bond acceptors (Lipinski definition) is 4. The van der Waals surface area contributed by atoms with Crippen molar-refractivity contribution in [3.63, 3.8) is 0 Å². The fourth-order valence-electron chi connectivity index (χ4n) is 4.29. The average molecular weight is 395 g/mol. The molecule has 1 amide bonds. The minimum absolute atomic E-state index is 0. The first-order valence-electron chi connectivity index (χ1n) is 8.39. The van der Waals surface area contributed by atoms with Gasteiger partial charge in [0.15, 0.2) is 0 Å². The van der Waals surface area contributed by atoms with E-state index in [2.05, 4.69) is 47.3 Å². The Morgan fingerprint density at radius 2 is 1.81 bits per heavy atom. The van der Waals surface area contributed by atoms with Gasteiger partial charge >= 0.3 is 0 Å². The number of pyridine rings is 1. The number of hydrogen-bond donors (Lipinski definition) is 1. The average Bonchev–Trinajstić information content (AvgIpc) is 3.12. The fraction of sp³-hybridized carbons (Fsp3) is 0.368. The van der Waals surface area contributed by atoms with E-state index in [1.54, 1.807) is 18.3 Å². The van der Waals surface area contributed by atoms with Gasteiger partial charge in [-0.2, -0.15) is 0 Å². The molecule has 2 aliphatic heterocycles. The van der Waals surface area contributed by atoms with Gasteiger partial charge in [-0.05, 0) is 30.7 Å². The van der Waals surface area contributed by atoms with Crippen LogP contribution in [0.4, 0.5) is 5.82 Å².